The second kappa shape index (κ2) is 11.0. The Kier molecular flexibility index (Phi) is 9.89. The van der Waals surface area contributed by atoms with Crippen LogP contribution in [0.3, 0.4) is 0 Å². The van der Waals surface area contributed by atoms with Gasteiger partial charge < -0.3 is 32.9 Å². The van der Waals surface area contributed by atoms with Crippen LogP contribution in [-0.2, 0) is 24.0 Å². The van der Waals surface area contributed by atoms with Crippen LogP contribution in [-0.4, -0.2) is 52.8 Å². The van der Waals surface area contributed by atoms with Crippen molar-refractivity contribution in [3.63, 3.8) is 0 Å². The van der Waals surface area contributed by atoms with Gasteiger partial charge in [-0.3, -0.25) is 19.2 Å². The van der Waals surface area contributed by atoms with Gasteiger partial charge in [0.25, 0.3) is 0 Å². The molecule has 11 heteroatoms. The smallest absolute Gasteiger partial charge is 0.326 e. The Labute approximate surface area is 151 Å². The van der Waals surface area contributed by atoms with Crippen molar-refractivity contribution in [3.05, 3.63) is 0 Å². The zero-order valence-electron chi connectivity index (χ0n) is 14.9. The monoisotopic (exact) mass is 373 g/mol. The molecule has 26 heavy (non-hydrogen) atoms. The van der Waals surface area contributed by atoms with E-state index in [0.29, 0.717) is 0 Å². The van der Waals surface area contributed by atoms with Crippen LogP contribution in [0.5, 0.6) is 0 Å². The summed E-state index contributed by atoms with van der Waals surface area (Å²) in [6.45, 7) is 3.56. The fourth-order valence-electron chi connectivity index (χ4n) is 2.08. The number of nitrogens with one attached hydrogen (secondary N) is 2. The topological polar surface area (TPSA) is 208 Å². The maximum Gasteiger partial charge on any atom is 0.326 e. The fraction of sp³-hybridized carbons (Fsp3) is 0.667. The molecule has 0 aromatic heterocycles. The van der Waals surface area contributed by atoms with E-state index in [0.717, 1.165) is 0 Å². The minimum absolute atomic E-state index is 0.0113. The molecule has 4 amide bonds. The Hall–Kier alpha value is -2.69. The Morgan fingerprint density at radius 3 is 1.88 bits per heavy atom. The van der Waals surface area contributed by atoms with E-state index >= 15 is 0 Å². The van der Waals surface area contributed by atoms with Gasteiger partial charge in [-0.2, -0.15) is 0 Å². The minimum atomic E-state index is -1.38. The quantitative estimate of drug-likeness (QED) is 0.217. The van der Waals surface area contributed by atoms with Gasteiger partial charge in [-0.05, 0) is 18.8 Å². The molecule has 0 aromatic carbocycles. The molecular formula is C15H27N5O6. The lowest BCUT2D eigenvalue weighted by Crippen LogP contribution is -2.55. The second-order valence-electron chi connectivity index (χ2n) is 6.37. The highest BCUT2D eigenvalue weighted by molar-refractivity contribution is 5.94. The van der Waals surface area contributed by atoms with E-state index in [4.69, 9.17) is 22.3 Å². The molecular weight excluding hydrogens is 346 g/mol. The largest absolute Gasteiger partial charge is 0.480 e. The first-order valence-electron chi connectivity index (χ1n) is 8.09. The highest BCUT2D eigenvalue weighted by Gasteiger charge is 2.29. The van der Waals surface area contributed by atoms with Crippen LogP contribution in [0.25, 0.3) is 0 Å². The highest BCUT2D eigenvalue weighted by atomic mass is 16.4. The molecule has 148 valence electrons. The Bertz CT molecular complexity index is 551. The van der Waals surface area contributed by atoms with Gasteiger partial charge in [-0.25, -0.2) is 4.79 Å². The summed E-state index contributed by atoms with van der Waals surface area (Å²) in [5, 5.41) is 13.7. The number of amides is 4. The zero-order valence-corrected chi connectivity index (χ0v) is 14.9. The summed E-state index contributed by atoms with van der Waals surface area (Å²) in [6, 6.07) is -3.69. The van der Waals surface area contributed by atoms with Crippen LogP contribution >= 0.6 is 0 Å². The number of aliphatic carboxylic acids is 1. The SMILES string of the molecule is CC(C)CC(NC(=O)C(CC(N)=O)NC(=O)C(N)CCC(N)=O)C(=O)O. The van der Waals surface area contributed by atoms with E-state index in [1.54, 1.807) is 13.8 Å². The third-order valence-electron chi connectivity index (χ3n) is 3.40. The molecule has 0 rings (SSSR count). The lowest BCUT2D eigenvalue weighted by atomic mass is 10.0. The Morgan fingerprint density at radius 1 is 0.923 bits per heavy atom. The van der Waals surface area contributed by atoms with Crippen LogP contribution in [0.15, 0.2) is 0 Å². The van der Waals surface area contributed by atoms with Crippen LogP contribution < -0.4 is 27.8 Å². The lowest BCUT2D eigenvalue weighted by Gasteiger charge is -2.22. The van der Waals surface area contributed by atoms with E-state index in [9.17, 15) is 24.0 Å². The first-order valence-corrected chi connectivity index (χ1v) is 8.09. The minimum Gasteiger partial charge on any atom is -0.480 e. The molecule has 0 saturated heterocycles. The number of carboxylic acid groups (broad SMARTS) is 1. The Balaban J connectivity index is 5.02. The molecule has 9 N–H and O–H groups in total. The molecule has 0 radical (unpaired) electrons. The summed E-state index contributed by atoms with van der Waals surface area (Å²) in [5.74, 6) is -4.42. The maximum absolute atomic E-state index is 12.3. The maximum atomic E-state index is 12.3. The molecule has 0 aliphatic carbocycles. The first kappa shape index (κ1) is 23.3. The molecule has 0 bridgehead atoms. The number of nitrogens with two attached hydrogens (primary N) is 3. The van der Waals surface area contributed by atoms with Gasteiger partial charge in [0, 0.05) is 6.42 Å². The molecule has 3 unspecified atom stereocenters. The van der Waals surface area contributed by atoms with Gasteiger partial charge in [0.1, 0.15) is 12.1 Å². The Morgan fingerprint density at radius 2 is 1.46 bits per heavy atom. The average molecular weight is 373 g/mol. The number of carbonyl (C=O) groups is 5. The third-order valence-corrected chi connectivity index (χ3v) is 3.40. The second-order valence-corrected chi connectivity index (χ2v) is 6.37. The standard InChI is InChI=1S/C15H27N5O6/c1-7(2)5-10(15(25)26)20-14(24)9(6-12(18)22)19-13(23)8(16)3-4-11(17)21/h7-10H,3-6,16H2,1-2H3,(H2,17,21)(H2,18,22)(H,19,23)(H,20,24)(H,25,26). The van der Waals surface area contributed by atoms with E-state index in [-0.39, 0.29) is 25.2 Å². The molecule has 0 spiro atoms. The molecule has 11 nitrogen and oxygen atoms in total. The van der Waals surface area contributed by atoms with E-state index < -0.39 is 54.1 Å². The van der Waals surface area contributed by atoms with E-state index in [2.05, 4.69) is 10.6 Å². The predicted molar refractivity (Wildman–Crippen MR) is 91.2 cm³/mol. The molecule has 3 atom stereocenters. The van der Waals surface area contributed by atoms with Crippen LogP contribution in [0.2, 0.25) is 0 Å². The van der Waals surface area contributed by atoms with Crippen molar-refractivity contribution in [2.24, 2.45) is 23.1 Å². The highest BCUT2D eigenvalue weighted by Crippen LogP contribution is 2.06. The van der Waals surface area contributed by atoms with Gasteiger partial charge in [0.2, 0.25) is 23.6 Å². The molecule has 0 aliphatic rings. The fourth-order valence-corrected chi connectivity index (χ4v) is 2.08. The number of carbonyl (C=O) groups excluding carboxylic acids is 4. The number of hydrogen-bond acceptors (Lipinski definition) is 6. The number of hydrogen-bond donors (Lipinski definition) is 6. The zero-order chi connectivity index (χ0) is 20.4. The van der Waals surface area contributed by atoms with Crippen molar-refractivity contribution in [1.82, 2.24) is 10.6 Å². The summed E-state index contributed by atoms with van der Waals surface area (Å²) in [6.07, 6.45) is -0.543. The first-order chi connectivity index (χ1) is 11.9. The van der Waals surface area contributed by atoms with E-state index in [1.807, 2.05) is 0 Å². The van der Waals surface area contributed by atoms with Crippen LogP contribution in [0.1, 0.15) is 39.5 Å². The van der Waals surface area contributed by atoms with Gasteiger partial charge in [0.05, 0.1) is 12.5 Å². The lowest BCUT2D eigenvalue weighted by molar-refractivity contribution is -0.142. The van der Waals surface area contributed by atoms with Crippen molar-refractivity contribution in [2.45, 2.75) is 57.7 Å². The van der Waals surface area contributed by atoms with Gasteiger partial charge >= 0.3 is 5.97 Å². The van der Waals surface area contributed by atoms with Gasteiger partial charge in [-0.1, -0.05) is 13.8 Å². The normalized spacial score (nSPS) is 14.2. The third kappa shape index (κ3) is 9.57. The number of primary amides is 2. The van der Waals surface area contributed by atoms with Crippen molar-refractivity contribution in [2.75, 3.05) is 0 Å². The van der Waals surface area contributed by atoms with Gasteiger partial charge in [0.15, 0.2) is 0 Å². The summed E-state index contributed by atoms with van der Waals surface area (Å²) in [5.41, 5.74) is 15.6. The van der Waals surface area contributed by atoms with Crippen LogP contribution in [0, 0.1) is 5.92 Å². The summed E-state index contributed by atoms with van der Waals surface area (Å²) >= 11 is 0. The average Bonchev–Trinajstić information content (AvgIpc) is 2.49. The number of carboxylic acids is 1. The van der Waals surface area contributed by atoms with Crippen molar-refractivity contribution in [3.8, 4) is 0 Å². The van der Waals surface area contributed by atoms with Crippen molar-refractivity contribution >= 4 is 29.6 Å². The predicted octanol–water partition coefficient (Wildman–Crippen LogP) is -2.45. The molecule has 0 saturated carbocycles. The molecule has 0 aliphatic heterocycles. The summed E-state index contributed by atoms with van der Waals surface area (Å²) in [7, 11) is 0. The molecule has 0 heterocycles. The van der Waals surface area contributed by atoms with Gasteiger partial charge in [-0.15, -0.1) is 0 Å². The van der Waals surface area contributed by atoms with Crippen LogP contribution in [0.4, 0.5) is 0 Å². The number of rotatable bonds is 12. The van der Waals surface area contributed by atoms with E-state index in [1.165, 1.54) is 0 Å². The van der Waals surface area contributed by atoms with Crippen molar-refractivity contribution in [1.29, 1.82) is 0 Å². The summed E-state index contributed by atoms with van der Waals surface area (Å²) in [4.78, 5) is 57.4. The molecule has 0 aromatic rings. The van der Waals surface area contributed by atoms with Crippen molar-refractivity contribution < 1.29 is 29.1 Å². The summed E-state index contributed by atoms with van der Waals surface area (Å²) < 4.78 is 0. The molecule has 0 fully saturated rings.